The van der Waals surface area contributed by atoms with Crippen molar-refractivity contribution in [3.8, 4) is 5.75 Å². The van der Waals surface area contributed by atoms with Crippen LogP contribution in [0, 0.1) is 6.92 Å². The molecule has 3 aromatic rings. The van der Waals surface area contributed by atoms with Gasteiger partial charge < -0.3 is 14.8 Å². The minimum atomic E-state index is -0.199. The molecule has 0 saturated heterocycles. The first-order chi connectivity index (χ1) is 14.4. The molecule has 1 aliphatic heterocycles. The van der Waals surface area contributed by atoms with Crippen molar-refractivity contribution in [2.24, 2.45) is 7.05 Å². The summed E-state index contributed by atoms with van der Waals surface area (Å²) in [6, 6.07) is 4.16. The van der Waals surface area contributed by atoms with Gasteiger partial charge in [0.15, 0.2) is 5.65 Å². The Morgan fingerprint density at radius 3 is 2.87 bits per heavy atom. The fraction of sp³-hybridized carbons (Fsp3) is 0.500. The number of nitrogens with zero attached hydrogens (tertiary/aromatic N) is 4. The van der Waals surface area contributed by atoms with E-state index in [-0.39, 0.29) is 16.8 Å². The van der Waals surface area contributed by atoms with Crippen molar-refractivity contribution in [2.45, 2.75) is 50.2 Å². The molecule has 156 valence electrons. The maximum atomic E-state index is 13.1. The van der Waals surface area contributed by atoms with E-state index < -0.39 is 0 Å². The topological polar surface area (TPSA) is 83.2 Å². The Labute approximate surface area is 173 Å². The summed E-state index contributed by atoms with van der Waals surface area (Å²) in [5.74, 6) is 1.39. The molecule has 3 heterocycles. The number of aromatic nitrogens is 4. The summed E-state index contributed by atoms with van der Waals surface area (Å²) in [6.45, 7) is 2.79. The Hall–Kier alpha value is -2.87. The number of anilines is 2. The molecule has 3 fully saturated rings. The minimum absolute atomic E-state index is 0.0369. The van der Waals surface area contributed by atoms with Crippen LogP contribution in [0.15, 0.2) is 23.1 Å². The zero-order valence-electron chi connectivity index (χ0n) is 17.5. The third-order valence-corrected chi connectivity index (χ3v) is 7.34. The van der Waals surface area contributed by atoms with Crippen molar-refractivity contribution in [3.05, 3.63) is 39.9 Å². The van der Waals surface area contributed by atoms with E-state index in [4.69, 9.17) is 14.5 Å². The number of rotatable bonds is 4. The van der Waals surface area contributed by atoms with Gasteiger partial charge in [-0.2, -0.15) is 4.98 Å². The number of imidazole rings is 1. The fourth-order valence-corrected chi connectivity index (χ4v) is 5.68. The summed E-state index contributed by atoms with van der Waals surface area (Å²) in [6.07, 6.45) is 6.33. The fourth-order valence-electron chi connectivity index (χ4n) is 5.68. The monoisotopic (exact) mass is 407 g/mol. The van der Waals surface area contributed by atoms with Gasteiger partial charge >= 0.3 is 5.69 Å². The second-order valence-corrected chi connectivity index (χ2v) is 9.04. The van der Waals surface area contributed by atoms with Gasteiger partial charge in [0.2, 0.25) is 5.95 Å². The number of benzene rings is 1. The standard InChI is InChI=1S/C22H25N5O3/c1-13-8-14-4-7-30-17(14)9-15(13)24-19-23-10-16-18(25-19)27(20(28)26(16)2)21-5-6-22(11-21,12-21)29-3/h8-10H,4-7,11-12H2,1-3H3,(H,23,24,25). The van der Waals surface area contributed by atoms with Crippen molar-refractivity contribution in [1.29, 1.82) is 0 Å². The Balaban J connectivity index is 1.42. The lowest BCUT2D eigenvalue weighted by atomic mass is 9.73. The summed E-state index contributed by atoms with van der Waals surface area (Å²) < 4.78 is 15.0. The SMILES string of the molecule is COC12CCC(n3c(=O)n(C)c4cnc(Nc5cc6c(cc5C)CCO6)nc43)(C1)C2. The molecule has 0 radical (unpaired) electrons. The molecular weight excluding hydrogens is 382 g/mol. The highest BCUT2D eigenvalue weighted by Crippen LogP contribution is 2.61. The van der Waals surface area contributed by atoms with Gasteiger partial charge in [0.05, 0.1) is 23.9 Å². The molecule has 8 nitrogen and oxygen atoms in total. The molecular formula is C22H25N5O3. The average molecular weight is 407 g/mol. The van der Waals surface area contributed by atoms with Gasteiger partial charge in [0.25, 0.3) is 0 Å². The molecule has 3 saturated carbocycles. The molecule has 1 N–H and O–H groups in total. The minimum Gasteiger partial charge on any atom is -0.493 e. The lowest BCUT2D eigenvalue weighted by Gasteiger charge is -2.46. The quantitative estimate of drug-likeness (QED) is 0.716. The van der Waals surface area contributed by atoms with Gasteiger partial charge in [-0.25, -0.2) is 9.78 Å². The maximum Gasteiger partial charge on any atom is 0.330 e. The third kappa shape index (κ3) is 2.28. The zero-order chi connectivity index (χ0) is 20.7. The Kier molecular flexibility index (Phi) is 3.50. The van der Waals surface area contributed by atoms with Crippen LogP contribution in [0.25, 0.3) is 11.2 Å². The second-order valence-electron chi connectivity index (χ2n) is 9.04. The van der Waals surface area contributed by atoms with Gasteiger partial charge in [0.1, 0.15) is 11.3 Å². The van der Waals surface area contributed by atoms with Crippen LogP contribution in [-0.4, -0.2) is 38.4 Å². The molecule has 7 rings (SSSR count). The number of methoxy groups -OCH3 is 1. The number of fused-ring (bicyclic) bond motifs is 3. The van der Waals surface area contributed by atoms with Crippen molar-refractivity contribution in [2.75, 3.05) is 19.0 Å². The maximum absolute atomic E-state index is 13.1. The van der Waals surface area contributed by atoms with Gasteiger partial charge in [0, 0.05) is 45.2 Å². The predicted octanol–water partition coefficient (Wildman–Crippen LogP) is 2.79. The first kappa shape index (κ1) is 17.9. The van der Waals surface area contributed by atoms with E-state index in [9.17, 15) is 4.79 Å². The van der Waals surface area contributed by atoms with E-state index >= 15 is 0 Å². The van der Waals surface area contributed by atoms with E-state index in [1.165, 1.54) is 5.56 Å². The highest BCUT2D eigenvalue weighted by Gasteiger charge is 2.63. The van der Waals surface area contributed by atoms with Gasteiger partial charge in [-0.15, -0.1) is 0 Å². The number of nitrogens with one attached hydrogen (secondary N) is 1. The molecule has 0 atom stereocenters. The van der Waals surface area contributed by atoms with Crippen LogP contribution in [0.2, 0.25) is 0 Å². The van der Waals surface area contributed by atoms with E-state index in [1.54, 1.807) is 24.9 Å². The van der Waals surface area contributed by atoms with Crippen molar-refractivity contribution in [1.82, 2.24) is 19.1 Å². The summed E-state index contributed by atoms with van der Waals surface area (Å²) in [5, 5.41) is 3.33. The lowest BCUT2D eigenvalue weighted by Crippen LogP contribution is -2.53. The van der Waals surface area contributed by atoms with Crippen molar-refractivity contribution >= 4 is 22.8 Å². The van der Waals surface area contributed by atoms with E-state index in [2.05, 4.69) is 23.3 Å². The Morgan fingerprint density at radius 2 is 2.10 bits per heavy atom. The Morgan fingerprint density at radius 1 is 1.27 bits per heavy atom. The van der Waals surface area contributed by atoms with Crippen LogP contribution >= 0.6 is 0 Å². The molecule has 30 heavy (non-hydrogen) atoms. The number of aryl methyl sites for hydroxylation is 2. The van der Waals surface area contributed by atoms with Crippen molar-refractivity contribution in [3.63, 3.8) is 0 Å². The molecule has 0 amide bonds. The summed E-state index contributed by atoms with van der Waals surface area (Å²) in [5.41, 5.74) is 4.39. The number of ether oxygens (including phenoxy) is 2. The lowest BCUT2D eigenvalue weighted by molar-refractivity contribution is -0.0906. The van der Waals surface area contributed by atoms with Crippen LogP contribution in [0.5, 0.6) is 5.75 Å². The largest absolute Gasteiger partial charge is 0.493 e. The average Bonchev–Trinajstić information content (AvgIpc) is 3.45. The van der Waals surface area contributed by atoms with Gasteiger partial charge in [-0.3, -0.25) is 9.13 Å². The number of hydrogen-bond donors (Lipinski definition) is 1. The zero-order valence-corrected chi connectivity index (χ0v) is 17.5. The molecule has 2 bridgehead atoms. The normalized spacial score (nSPS) is 26.5. The molecule has 2 aromatic heterocycles. The van der Waals surface area contributed by atoms with E-state index in [0.29, 0.717) is 11.6 Å². The third-order valence-electron chi connectivity index (χ3n) is 7.34. The Bertz CT molecular complexity index is 1250. The van der Waals surface area contributed by atoms with E-state index in [0.717, 1.165) is 61.2 Å². The summed E-state index contributed by atoms with van der Waals surface area (Å²) >= 11 is 0. The predicted molar refractivity (Wildman–Crippen MR) is 113 cm³/mol. The van der Waals surface area contributed by atoms with Crippen LogP contribution in [0.3, 0.4) is 0 Å². The molecule has 0 spiro atoms. The summed E-state index contributed by atoms with van der Waals surface area (Å²) in [4.78, 5) is 22.4. The molecule has 1 aromatic carbocycles. The van der Waals surface area contributed by atoms with Crippen LogP contribution in [0.4, 0.5) is 11.6 Å². The number of hydrogen-bond acceptors (Lipinski definition) is 6. The summed E-state index contributed by atoms with van der Waals surface area (Å²) in [7, 11) is 3.56. The van der Waals surface area contributed by atoms with Crippen LogP contribution in [-0.2, 0) is 23.7 Å². The van der Waals surface area contributed by atoms with E-state index in [1.807, 2.05) is 10.6 Å². The molecule has 3 aliphatic carbocycles. The smallest absolute Gasteiger partial charge is 0.330 e. The van der Waals surface area contributed by atoms with Crippen molar-refractivity contribution < 1.29 is 9.47 Å². The highest BCUT2D eigenvalue weighted by molar-refractivity contribution is 5.74. The van der Waals surface area contributed by atoms with Crippen LogP contribution < -0.4 is 15.7 Å². The highest BCUT2D eigenvalue weighted by atomic mass is 16.5. The molecule has 0 unspecified atom stereocenters. The first-order valence-corrected chi connectivity index (χ1v) is 10.5. The van der Waals surface area contributed by atoms with Gasteiger partial charge in [-0.1, -0.05) is 6.07 Å². The first-order valence-electron chi connectivity index (χ1n) is 10.5. The molecule has 8 heteroatoms. The van der Waals surface area contributed by atoms with Gasteiger partial charge in [-0.05, 0) is 30.9 Å². The molecule has 4 aliphatic rings. The second kappa shape index (κ2) is 5.85. The van der Waals surface area contributed by atoms with Crippen LogP contribution in [0.1, 0.15) is 36.8 Å².